The molecule has 0 radical (unpaired) electrons. The van der Waals surface area contributed by atoms with Gasteiger partial charge in [-0.05, 0) is 36.2 Å². The van der Waals surface area contributed by atoms with E-state index in [0.717, 1.165) is 5.56 Å². The van der Waals surface area contributed by atoms with Crippen LogP contribution in [0.5, 0.6) is 11.6 Å². The zero-order chi connectivity index (χ0) is 16.8. The molecule has 1 unspecified atom stereocenters. The van der Waals surface area contributed by atoms with Gasteiger partial charge >= 0.3 is 0 Å². The molecule has 3 N–H and O–H groups in total. The van der Waals surface area contributed by atoms with E-state index in [0.29, 0.717) is 17.7 Å². The molecular weight excluding hydrogens is 294 g/mol. The van der Waals surface area contributed by atoms with Gasteiger partial charge in [-0.15, -0.1) is 0 Å². The quantitative estimate of drug-likeness (QED) is 0.842. The highest BCUT2D eigenvalue weighted by atomic mass is 16.5. The Bertz CT molecular complexity index is 656. The number of rotatable bonds is 6. The summed E-state index contributed by atoms with van der Waals surface area (Å²) in [6, 6.07) is 10.4. The van der Waals surface area contributed by atoms with Gasteiger partial charge < -0.3 is 20.5 Å². The van der Waals surface area contributed by atoms with Crippen LogP contribution in [0.25, 0.3) is 0 Å². The average Bonchev–Trinajstić information content (AvgIpc) is 2.56. The molecule has 0 bridgehead atoms. The number of hydrogen-bond donors (Lipinski definition) is 2. The van der Waals surface area contributed by atoms with Crippen LogP contribution in [0.4, 0.5) is 0 Å². The zero-order valence-electron chi connectivity index (χ0n) is 13.3. The van der Waals surface area contributed by atoms with Gasteiger partial charge in [-0.3, -0.25) is 4.79 Å². The van der Waals surface area contributed by atoms with Gasteiger partial charge in [-0.1, -0.05) is 12.1 Å². The lowest BCUT2D eigenvalue weighted by Gasteiger charge is -2.14. The van der Waals surface area contributed by atoms with Gasteiger partial charge in [0.25, 0.3) is 5.91 Å². The van der Waals surface area contributed by atoms with Gasteiger partial charge in [-0.25, -0.2) is 4.98 Å². The van der Waals surface area contributed by atoms with Gasteiger partial charge in [0, 0.05) is 26.3 Å². The summed E-state index contributed by atoms with van der Waals surface area (Å²) < 4.78 is 5.73. The van der Waals surface area contributed by atoms with E-state index in [9.17, 15) is 4.79 Å². The van der Waals surface area contributed by atoms with E-state index >= 15 is 0 Å². The molecule has 1 aromatic heterocycles. The predicted molar refractivity (Wildman–Crippen MR) is 87.5 cm³/mol. The molecule has 1 heterocycles. The highest BCUT2D eigenvalue weighted by Crippen LogP contribution is 2.24. The van der Waals surface area contributed by atoms with Crippen LogP contribution in [0, 0.1) is 0 Å². The molecule has 0 spiro atoms. The molecule has 0 aliphatic rings. The van der Waals surface area contributed by atoms with E-state index < -0.39 is 0 Å². The fraction of sp³-hybridized carbons (Fsp3) is 0.294. The number of aliphatic hydroxyl groups is 1. The Morgan fingerprint density at radius 1 is 1.30 bits per heavy atom. The smallest absolute Gasteiger partial charge is 0.258 e. The average molecular weight is 315 g/mol. The highest BCUT2D eigenvalue weighted by molar-refractivity contribution is 5.96. The summed E-state index contributed by atoms with van der Waals surface area (Å²) in [5.41, 5.74) is 7.13. The van der Waals surface area contributed by atoms with E-state index in [-0.39, 0.29) is 24.4 Å². The van der Waals surface area contributed by atoms with Gasteiger partial charge in [0.05, 0.1) is 6.61 Å². The fourth-order valence-electron chi connectivity index (χ4n) is 2.05. The minimum atomic E-state index is -0.276. The number of nitrogens with two attached hydrogens (primary N) is 1. The number of carbonyl (C=O) groups is 1. The number of benzene rings is 1. The van der Waals surface area contributed by atoms with Crippen LogP contribution in [0.3, 0.4) is 0 Å². The molecule has 0 aliphatic heterocycles. The van der Waals surface area contributed by atoms with Crippen LogP contribution in [0.15, 0.2) is 42.6 Å². The molecule has 6 heteroatoms. The molecule has 0 fully saturated rings. The Morgan fingerprint density at radius 3 is 2.61 bits per heavy atom. The summed E-state index contributed by atoms with van der Waals surface area (Å²) in [6.45, 7) is -0.0534. The number of amides is 1. The zero-order valence-corrected chi connectivity index (χ0v) is 13.3. The van der Waals surface area contributed by atoms with Crippen molar-refractivity contribution in [1.82, 2.24) is 9.88 Å². The maximum Gasteiger partial charge on any atom is 0.258 e. The lowest BCUT2D eigenvalue weighted by molar-refractivity contribution is 0.0824. The molecule has 1 amide bonds. The third kappa shape index (κ3) is 4.51. The summed E-state index contributed by atoms with van der Waals surface area (Å²) in [4.78, 5) is 17.7. The third-order valence-corrected chi connectivity index (χ3v) is 3.28. The highest BCUT2D eigenvalue weighted by Gasteiger charge is 2.15. The molecule has 0 aliphatic carbocycles. The molecule has 1 aromatic carbocycles. The summed E-state index contributed by atoms with van der Waals surface area (Å²) in [5, 5.41) is 8.98. The minimum absolute atomic E-state index is 0.0534. The standard InChI is InChI=1S/C17H21N3O3/c1-20(2)17(22)15-4-3-9-19-16(15)23-14-7-5-12(6-8-14)10-13(18)11-21/h3-9,13,21H,10-11,18H2,1-2H3. The topological polar surface area (TPSA) is 88.7 Å². The van der Waals surface area contributed by atoms with Gasteiger partial charge in [0.2, 0.25) is 5.88 Å². The van der Waals surface area contributed by atoms with Crippen molar-refractivity contribution in [3.05, 3.63) is 53.7 Å². The van der Waals surface area contributed by atoms with Gasteiger partial charge in [-0.2, -0.15) is 0 Å². The number of hydrogen-bond acceptors (Lipinski definition) is 5. The van der Waals surface area contributed by atoms with Crippen molar-refractivity contribution < 1.29 is 14.6 Å². The third-order valence-electron chi connectivity index (χ3n) is 3.28. The maximum absolute atomic E-state index is 12.1. The first-order chi connectivity index (χ1) is 11.0. The van der Waals surface area contributed by atoms with Crippen molar-refractivity contribution in [1.29, 1.82) is 0 Å². The molecule has 122 valence electrons. The first-order valence-electron chi connectivity index (χ1n) is 7.31. The minimum Gasteiger partial charge on any atom is -0.438 e. The summed E-state index contributed by atoms with van der Waals surface area (Å²) >= 11 is 0. The largest absolute Gasteiger partial charge is 0.438 e. The van der Waals surface area contributed by atoms with E-state index in [1.807, 2.05) is 12.1 Å². The van der Waals surface area contributed by atoms with E-state index in [4.69, 9.17) is 15.6 Å². The molecule has 0 saturated carbocycles. The van der Waals surface area contributed by atoms with Crippen molar-refractivity contribution in [3.63, 3.8) is 0 Å². The van der Waals surface area contributed by atoms with E-state index in [1.165, 1.54) is 4.90 Å². The Hall–Kier alpha value is -2.44. The second-order valence-electron chi connectivity index (χ2n) is 5.45. The summed E-state index contributed by atoms with van der Waals surface area (Å²) in [6.07, 6.45) is 2.17. The van der Waals surface area contributed by atoms with Crippen LogP contribution in [-0.2, 0) is 6.42 Å². The van der Waals surface area contributed by atoms with E-state index in [1.54, 1.807) is 44.6 Å². The molecule has 6 nitrogen and oxygen atoms in total. The van der Waals surface area contributed by atoms with Crippen molar-refractivity contribution in [3.8, 4) is 11.6 Å². The lowest BCUT2D eigenvalue weighted by Crippen LogP contribution is -2.26. The van der Waals surface area contributed by atoms with Crippen LogP contribution < -0.4 is 10.5 Å². The Balaban J connectivity index is 2.15. The van der Waals surface area contributed by atoms with E-state index in [2.05, 4.69) is 4.98 Å². The SMILES string of the molecule is CN(C)C(=O)c1cccnc1Oc1ccc(CC(N)CO)cc1. The lowest BCUT2D eigenvalue weighted by atomic mass is 10.1. The normalized spacial score (nSPS) is 11.8. The predicted octanol–water partition coefficient (Wildman–Crippen LogP) is 1.44. The second kappa shape index (κ2) is 7.71. The molecule has 23 heavy (non-hydrogen) atoms. The van der Waals surface area contributed by atoms with Crippen molar-refractivity contribution in [2.24, 2.45) is 5.73 Å². The van der Waals surface area contributed by atoms with Crippen LogP contribution >= 0.6 is 0 Å². The van der Waals surface area contributed by atoms with Gasteiger partial charge in [0.15, 0.2) is 0 Å². The summed E-state index contributed by atoms with van der Waals surface area (Å²) in [7, 11) is 3.36. The number of nitrogens with zero attached hydrogens (tertiary/aromatic N) is 2. The van der Waals surface area contributed by atoms with Crippen LogP contribution in [0.2, 0.25) is 0 Å². The number of aromatic nitrogens is 1. The second-order valence-corrected chi connectivity index (χ2v) is 5.45. The molecule has 1 atom stereocenters. The Kier molecular flexibility index (Phi) is 5.67. The first-order valence-corrected chi connectivity index (χ1v) is 7.31. The molecular formula is C17H21N3O3. The van der Waals surface area contributed by atoms with Crippen molar-refractivity contribution >= 4 is 5.91 Å². The molecule has 2 aromatic rings. The Morgan fingerprint density at radius 2 is 2.00 bits per heavy atom. The first kappa shape index (κ1) is 16.9. The monoisotopic (exact) mass is 315 g/mol. The number of ether oxygens (including phenoxy) is 1. The van der Waals surface area contributed by atoms with Crippen LogP contribution in [0.1, 0.15) is 15.9 Å². The van der Waals surface area contributed by atoms with Crippen molar-refractivity contribution in [2.75, 3.05) is 20.7 Å². The molecule has 2 rings (SSSR count). The number of pyridine rings is 1. The van der Waals surface area contributed by atoms with Crippen LogP contribution in [-0.4, -0.2) is 47.6 Å². The fourth-order valence-corrected chi connectivity index (χ4v) is 2.05. The van der Waals surface area contributed by atoms with Crippen molar-refractivity contribution in [2.45, 2.75) is 12.5 Å². The molecule has 0 saturated heterocycles. The summed E-state index contributed by atoms with van der Waals surface area (Å²) in [5.74, 6) is 0.683. The maximum atomic E-state index is 12.1. The number of carbonyl (C=O) groups excluding carboxylic acids is 1. The van der Waals surface area contributed by atoms with Gasteiger partial charge in [0.1, 0.15) is 11.3 Å². The number of aliphatic hydroxyl groups excluding tert-OH is 1. The Labute approximate surface area is 135 Å².